The molecule has 0 aromatic heterocycles. The molecule has 0 aliphatic heterocycles. The molecule has 13 heavy (non-hydrogen) atoms. The predicted octanol–water partition coefficient (Wildman–Crippen LogP) is 2.03. The van der Waals surface area contributed by atoms with E-state index in [1.54, 1.807) is 13.8 Å². The third kappa shape index (κ3) is 7.74. The van der Waals surface area contributed by atoms with Crippen molar-refractivity contribution in [3.8, 4) is 0 Å². The van der Waals surface area contributed by atoms with Crippen LogP contribution in [0.25, 0.3) is 0 Å². The van der Waals surface area contributed by atoms with E-state index in [-0.39, 0.29) is 5.97 Å². The van der Waals surface area contributed by atoms with Gasteiger partial charge in [0.2, 0.25) is 0 Å². The monoisotopic (exact) mass is 190 g/mol. The number of unbranched alkanes of at least 4 members (excludes halogenated alkanes) is 1. The summed E-state index contributed by atoms with van der Waals surface area (Å²) in [6, 6.07) is 0. The standard InChI is InChI=1S/C9H18O4/c1-4-6-7-11-8(3)12-13-9(10)5-2/h8H,4-7H2,1-3H3. The molecule has 1 unspecified atom stereocenters. The lowest BCUT2D eigenvalue weighted by atomic mass is 10.4. The van der Waals surface area contributed by atoms with Crippen molar-refractivity contribution in [1.82, 2.24) is 0 Å². The molecule has 0 fully saturated rings. The van der Waals surface area contributed by atoms with Gasteiger partial charge in [-0.05, 0) is 13.3 Å². The molecule has 0 aromatic carbocycles. The van der Waals surface area contributed by atoms with Crippen molar-refractivity contribution in [1.29, 1.82) is 0 Å². The van der Waals surface area contributed by atoms with Crippen molar-refractivity contribution in [3.05, 3.63) is 0 Å². The normalized spacial score (nSPS) is 12.5. The van der Waals surface area contributed by atoms with E-state index in [4.69, 9.17) is 4.74 Å². The van der Waals surface area contributed by atoms with E-state index in [2.05, 4.69) is 16.7 Å². The minimum atomic E-state index is -0.484. The Morgan fingerprint density at radius 2 is 2.08 bits per heavy atom. The molecule has 0 spiro atoms. The lowest BCUT2D eigenvalue weighted by molar-refractivity contribution is -0.346. The third-order valence-electron chi connectivity index (χ3n) is 1.42. The van der Waals surface area contributed by atoms with Gasteiger partial charge in [-0.1, -0.05) is 20.3 Å². The van der Waals surface area contributed by atoms with Crippen LogP contribution in [0.15, 0.2) is 0 Å². The Labute approximate surface area is 79.1 Å². The van der Waals surface area contributed by atoms with Gasteiger partial charge in [0.05, 0.1) is 0 Å². The summed E-state index contributed by atoms with van der Waals surface area (Å²) in [7, 11) is 0. The van der Waals surface area contributed by atoms with Crippen LogP contribution < -0.4 is 0 Å². The lowest BCUT2D eigenvalue weighted by Crippen LogP contribution is -2.16. The Balaban J connectivity index is 3.29. The van der Waals surface area contributed by atoms with E-state index in [9.17, 15) is 4.79 Å². The van der Waals surface area contributed by atoms with Gasteiger partial charge in [0.25, 0.3) is 0 Å². The van der Waals surface area contributed by atoms with E-state index < -0.39 is 6.29 Å². The Bertz CT molecular complexity index is 136. The first-order valence-electron chi connectivity index (χ1n) is 4.68. The first-order valence-corrected chi connectivity index (χ1v) is 4.68. The summed E-state index contributed by atoms with van der Waals surface area (Å²) in [5.41, 5.74) is 0. The molecule has 0 saturated carbocycles. The topological polar surface area (TPSA) is 44.8 Å². The summed E-state index contributed by atoms with van der Waals surface area (Å²) in [4.78, 5) is 19.7. The van der Waals surface area contributed by atoms with Gasteiger partial charge in [-0.3, -0.25) is 4.89 Å². The van der Waals surface area contributed by atoms with Gasteiger partial charge < -0.3 is 4.74 Å². The highest BCUT2D eigenvalue weighted by Gasteiger charge is 2.06. The van der Waals surface area contributed by atoms with Gasteiger partial charge in [0.15, 0.2) is 6.29 Å². The second-order valence-electron chi connectivity index (χ2n) is 2.70. The number of hydrogen-bond donors (Lipinski definition) is 0. The van der Waals surface area contributed by atoms with Crippen molar-refractivity contribution in [2.45, 2.75) is 46.3 Å². The van der Waals surface area contributed by atoms with Crippen LogP contribution in [0.5, 0.6) is 0 Å². The Hall–Kier alpha value is -0.610. The van der Waals surface area contributed by atoms with Crippen LogP contribution in [0.1, 0.15) is 40.0 Å². The van der Waals surface area contributed by atoms with Crippen LogP contribution >= 0.6 is 0 Å². The number of carbonyl (C=O) groups excluding carboxylic acids is 1. The number of ether oxygens (including phenoxy) is 1. The van der Waals surface area contributed by atoms with Crippen LogP contribution in [-0.2, 0) is 19.3 Å². The van der Waals surface area contributed by atoms with Crippen molar-refractivity contribution in [2.75, 3.05) is 6.61 Å². The maximum Gasteiger partial charge on any atom is 0.342 e. The van der Waals surface area contributed by atoms with Gasteiger partial charge in [-0.15, -0.1) is 0 Å². The van der Waals surface area contributed by atoms with Crippen LogP contribution in [0.4, 0.5) is 0 Å². The highest BCUT2D eigenvalue weighted by molar-refractivity contribution is 5.68. The molecule has 0 saturated heterocycles. The van der Waals surface area contributed by atoms with Crippen LogP contribution in [0.2, 0.25) is 0 Å². The molecule has 0 radical (unpaired) electrons. The number of hydrogen-bond acceptors (Lipinski definition) is 4. The Kier molecular flexibility index (Phi) is 7.63. The van der Waals surface area contributed by atoms with Gasteiger partial charge in [0.1, 0.15) is 0 Å². The second kappa shape index (κ2) is 8.01. The first-order chi connectivity index (χ1) is 6.20. The fourth-order valence-corrected chi connectivity index (χ4v) is 0.602. The zero-order chi connectivity index (χ0) is 10.1. The predicted molar refractivity (Wildman–Crippen MR) is 47.8 cm³/mol. The summed E-state index contributed by atoms with van der Waals surface area (Å²) in [6.45, 7) is 6.10. The van der Waals surface area contributed by atoms with Gasteiger partial charge in [0, 0.05) is 13.0 Å². The number of rotatable bonds is 7. The summed E-state index contributed by atoms with van der Waals surface area (Å²) >= 11 is 0. The highest BCUT2D eigenvalue weighted by Crippen LogP contribution is 1.98. The van der Waals surface area contributed by atoms with E-state index in [0.29, 0.717) is 13.0 Å². The number of carbonyl (C=O) groups is 1. The Morgan fingerprint density at radius 1 is 1.38 bits per heavy atom. The van der Waals surface area contributed by atoms with Gasteiger partial charge >= 0.3 is 5.97 Å². The van der Waals surface area contributed by atoms with Crippen LogP contribution in [-0.4, -0.2) is 18.9 Å². The fourth-order valence-electron chi connectivity index (χ4n) is 0.602. The molecule has 0 bridgehead atoms. The largest absolute Gasteiger partial charge is 0.349 e. The van der Waals surface area contributed by atoms with Crippen molar-refractivity contribution < 1.29 is 19.3 Å². The first kappa shape index (κ1) is 12.4. The quantitative estimate of drug-likeness (QED) is 0.267. The molecule has 0 aromatic rings. The molecule has 0 aliphatic rings. The van der Waals surface area contributed by atoms with Gasteiger partial charge in [-0.2, -0.15) is 4.89 Å². The SMILES string of the molecule is CCCCOC(C)OOC(=O)CC. The summed E-state index contributed by atoms with van der Waals surface area (Å²) < 4.78 is 5.18. The van der Waals surface area contributed by atoms with E-state index in [1.807, 2.05) is 0 Å². The minimum Gasteiger partial charge on any atom is -0.349 e. The third-order valence-corrected chi connectivity index (χ3v) is 1.42. The van der Waals surface area contributed by atoms with Crippen molar-refractivity contribution in [2.24, 2.45) is 0 Å². The van der Waals surface area contributed by atoms with E-state index >= 15 is 0 Å². The lowest BCUT2D eigenvalue weighted by Gasteiger charge is -2.11. The van der Waals surface area contributed by atoms with Crippen LogP contribution in [0, 0.1) is 0 Å². The maximum absolute atomic E-state index is 10.6. The molecule has 78 valence electrons. The van der Waals surface area contributed by atoms with Crippen LogP contribution in [0.3, 0.4) is 0 Å². The summed E-state index contributed by atoms with van der Waals surface area (Å²) in [5, 5.41) is 0. The molecule has 1 atom stereocenters. The average Bonchev–Trinajstić information content (AvgIpc) is 2.14. The summed E-state index contributed by atoms with van der Waals surface area (Å²) in [6.07, 6.45) is 1.88. The zero-order valence-electron chi connectivity index (χ0n) is 8.54. The minimum absolute atomic E-state index is 0.307. The van der Waals surface area contributed by atoms with Crippen molar-refractivity contribution >= 4 is 5.97 Å². The molecule has 4 heteroatoms. The molecule has 0 rings (SSSR count). The average molecular weight is 190 g/mol. The van der Waals surface area contributed by atoms with E-state index in [1.165, 1.54) is 0 Å². The Morgan fingerprint density at radius 3 is 2.62 bits per heavy atom. The summed E-state index contributed by atoms with van der Waals surface area (Å²) in [5.74, 6) is -0.383. The second-order valence-corrected chi connectivity index (χ2v) is 2.70. The molecule has 0 N–H and O–H groups in total. The molecule has 0 aliphatic carbocycles. The van der Waals surface area contributed by atoms with E-state index in [0.717, 1.165) is 12.8 Å². The van der Waals surface area contributed by atoms with Gasteiger partial charge in [-0.25, -0.2) is 4.79 Å². The molecule has 4 nitrogen and oxygen atoms in total. The smallest absolute Gasteiger partial charge is 0.342 e. The zero-order valence-corrected chi connectivity index (χ0v) is 8.54. The molecular weight excluding hydrogens is 172 g/mol. The molecule has 0 amide bonds. The molecule has 0 heterocycles. The maximum atomic E-state index is 10.6. The fraction of sp³-hybridized carbons (Fsp3) is 0.889. The molecular formula is C9H18O4. The van der Waals surface area contributed by atoms with Crippen molar-refractivity contribution in [3.63, 3.8) is 0 Å². The highest BCUT2D eigenvalue weighted by atomic mass is 17.2.